The predicted molar refractivity (Wildman–Crippen MR) is 80.1 cm³/mol. The molecule has 1 aliphatic heterocycles. The van der Waals surface area contributed by atoms with Crippen LogP contribution < -0.4 is 5.32 Å². The van der Waals surface area contributed by atoms with Crippen LogP contribution in [0, 0.1) is 5.92 Å². The van der Waals surface area contributed by atoms with E-state index < -0.39 is 0 Å². The highest BCUT2D eigenvalue weighted by molar-refractivity contribution is 4.80. The van der Waals surface area contributed by atoms with Gasteiger partial charge in [0.2, 0.25) is 0 Å². The molecule has 0 bridgehead atoms. The smallest absolute Gasteiger partial charge is 0.0220 e. The van der Waals surface area contributed by atoms with Gasteiger partial charge in [0.05, 0.1) is 0 Å². The molecular weight excluding hydrogens is 222 g/mol. The Morgan fingerprint density at radius 3 is 2.11 bits per heavy atom. The lowest BCUT2D eigenvalue weighted by Gasteiger charge is -2.37. The number of piperazine rings is 1. The van der Waals surface area contributed by atoms with Gasteiger partial charge in [0, 0.05) is 38.8 Å². The third-order valence-corrected chi connectivity index (χ3v) is 4.35. The van der Waals surface area contributed by atoms with Crippen LogP contribution in [-0.2, 0) is 0 Å². The Morgan fingerprint density at radius 2 is 1.61 bits per heavy atom. The van der Waals surface area contributed by atoms with Gasteiger partial charge in [-0.2, -0.15) is 0 Å². The Balaban J connectivity index is 2.36. The van der Waals surface area contributed by atoms with E-state index >= 15 is 0 Å². The lowest BCUT2D eigenvalue weighted by Crippen LogP contribution is -2.52. The third-order valence-electron chi connectivity index (χ3n) is 4.35. The fraction of sp³-hybridized carbons (Fsp3) is 1.00. The van der Waals surface area contributed by atoms with Gasteiger partial charge in [-0.15, -0.1) is 0 Å². The molecule has 1 aliphatic rings. The van der Waals surface area contributed by atoms with Crippen LogP contribution in [0.1, 0.15) is 40.5 Å². The van der Waals surface area contributed by atoms with Crippen molar-refractivity contribution >= 4 is 0 Å². The first-order chi connectivity index (χ1) is 8.71. The molecule has 0 aliphatic carbocycles. The first-order valence-electron chi connectivity index (χ1n) is 7.89. The van der Waals surface area contributed by atoms with Crippen molar-refractivity contribution in [2.75, 3.05) is 45.8 Å². The van der Waals surface area contributed by atoms with E-state index in [1.807, 2.05) is 0 Å². The SMILES string of the molecule is CCCNC(CN1CCN(CC)CC1)C(C)CC. The molecule has 1 N–H and O–H groups in total. The number of rotatable bonds is 8. The second kappa shape index (κ2) is 8.89. The van der Waals surface area contributed by atoms with Crippen molar-refractivity contribution in [1.29, 1.82) is 0 Å². The maximum atomic E-state index is 3.74. The molecule has 1 heterocycles. The molecule has 0 aromatic heterocycles. The molecule has 108 valence electrons. The molecule has 1 fully saturated rings. The van der Waals surface area contributed by atoms with E-state index in [1.54, 1.807) is 0 Å². The van der Waals surface area contributed by atoms with Crippen molar-refractivity contribution in [1.82, 2.24) is 15.1 Å². The average molecular weight is 255 g/mol. The largest absolute Gasteiger partial charge is 0.312 e. The molecule has 0 saturated carbocycles. The predicted octanol–water partition coefficient (Wildman–Crippen LogP) is 2.04. The number of hydrogen-bond donors (Lipinski definition) is 1. The summed E-state index contributed by atoms with van der Waals surface area (Å²) in [6, 6.07) is 0.670. The van der Waals surface area contributed by atoms with Crippen LogP contribution in [0.15, 0.2) is 0 Å². The summed E-state index contributed by atoms with van der Waals surface area (Å²) in [5.74, 6) is 0.778. The van der Waals surface area contributed by atoms with E-state index in [0.717, 1.165) is 12.5 Å². The second-order valence-corrected chi connectivity index (χ2v) is 5.68. The summed E-state index contributed by atoms with van der Waals surface area (Å²) >= 11 is 0. The third kappa shape index (κ3) is 5.25. The molecule has 3 heteroatoms. The maximum Gasteiger partial charge on any atom is 0.0220 e. The maximum absolute atomic E-state index is 3.74. The topological polar surface area (TPSA) is 18.5 Å². The van der Waals surface area contributed by atoms with E-state index in [0.29, 0.717) is 6.04 Å². The summed E-state index contributed by atoms with van der Waals surface area (Å²) < 4.78 is 0. The summed E-state index contributed by atoms with van der Waals surface area (Å²) in [6.07, 6.45) is 2.51. The molecule has 3 nitrogen and oxygen atoms in total. The Kier molecular flexibility index (Phi) is 7.87. The molecule has 0 radical (unpaired) electrons. The standard InChI is InChI=1S/C15H33N3/c1-5-8-16-15(14(4)6-2)13-18-11-9-17(7-3)10-12-18/h14-16H,5-13H2,1-4H3. The zero-order valence-corrected chi connectivity index (χ0v) is 12.9. The van der Waals surface area contributed by atoms with Crippen molar-refractivity contribution in [3.05, 3.63) is 0 Å². The highest BCUT2D eigenvalue weighted by atomic mass is 15.3. The minimum absolute atomic E-state index is 0.670. The van der Waals surface area contributed by atoms with Gasteiger partial charge in [-0.3, -0.25) is 4.90 Å². The summed E-state index contributed by atoms with van der Waals surface area (Å²) in [5, 5.41) is 3.74. The first kappa shape index (κ1) is 15.9. The van der Waals surface area contributed by atoms with Crippen LogP contribution in [0.4, 0.5) is 0 Å². The van der Waals surface area contributed by atoms with Gasteiger partial charge >= 0.3 is 0 Å². The molecule has 0 aromatic carbocycles. The molecule has 0 amide bonds. The quantitative estimate of drug-likeness (QED) is 0.716. The Morgan fingerprint density at radius 1 is 1.00 bits per heavy atom. The molecule has 18 heavy (non-hydrogen) atoms. The van der Waals surface area contributed by atoms with Gasteiger partial charge in [0.1, 0.15) is 0 Å². The highest BCUT2D eigenvalue weighted by Crippen LogP contribution is 2.11. The van der Waals surface area contributed by atoms with Gasteiger partial charge in [-0.25, -0.2) is 0 Å². The summed E-state index contributed by atoms with van der Waals surface area (Å²) in [6.45, 7) is 17.8. The summed E-state index contributed by atoms with van der Waals surface area (Å²) in [5.41, 5.74) is 0. The minimum Gasteiger partial charge on any atom is -0.312 e. The van der Waals surface area contributed by atoms with Gasteiger partial charge in [0.25, 0.3) is 0 Å². The van der Waals surface area contributed by atoms with Gasteiger partial charge < -0.3 is 10.2 Å². The number of hydrogen-bond acceptors (Lipinski definition) is 3. The number of likely N-dealkylation sites (N-methyl/N-ethyl adjacent to an activating group) is 1. The van der Waals surface area contributed by atoms with E-state index in [2.05, 4.69) is 42.8 Å². The van der Waals surface area contributed by atoms with Crippen LogP contribution in [0.3, 0.4) is 0 Å². The zero-order valence-electron chi connectivity index (χ0n) is 12.9. The Labute approximate surface area is 114 Å². The first-order valence-corrected chi connectivity index (χ1v) is 7.89. The van der Waals surface area contributed by atoms with Crippen molar-refractivity contribution < 1.29 is 0 Å². The molecule has 2 unspecified atom stereocenters. The van der Waals surface area contributed by atoms with Gasteiger partial charge in [-0.1, -0.05) is 34.1 Å². The van der Waals surface area contributed by atoms with E-state index in [1.165, 1.54) is 52.1 Å². The highest BCUT2D eigenvalue weighted by Gasteiger charge is 2.21. The molecule has 1 rings (SSSR count). The average Bonchev–Trinajstić information content (AvgIpc) is 2.43. The van der Waals surface area contributed by atoms with Gasteiger partial charge in [-0.05, 0) is 25.4 Å². The normalized spacial score (nSPS) is 22.0. The fourth-order valence-corrected chi connectivity index (χ4v) is 2.63. The number of nitrogens with one attached hydrogen (secondary N) is 1. The minimum atomic E-state index is 0.670. The van der Waals surface area contributed by atoms with Crippen LogP contribution in [-0.4, -0.2) is 61.7 Å². The van der Waals surface area contributed by atoms with E-state index in [-0.39, 0.29) is 0 Å². The van der Waals surface area contributed by atoms with E-state index in [9.17, 15) is 0 Å². The van der Waals surface area contributed by atoms with Crippen molar-refractivity contribution in [3.63, 3.8) is 0 Å². The zero-order chi connectivity index (χ0) is 13.4. The van der Waals surface area contributed by atoms with Crippen LogP contribution >= 0.6 is 0 Å². The Hall–Kier alpha value is -0.120. The molecule has 0 spiro atoms. The second-order valence-electron chi connectivity index (χ2n) is 5.68. The summed E-state index contributed by atoms with van der Waals surface area (Å²) in [4.78, 5) is 5.19. The Bertz CT molecular complexity index is 200. The molecule has 0 aromatic rings. The number of nitrogens with zero attached hydrogens (tertiary/aromatic N) is 2. The molecular formula is C15H33N3. The van der Waals surface area contributed by atoms with Crippen LogP contribution in [0.25, 0.3) is 0 Å². The fourth-order valence-electron chi connectivity index (χ4n) is 2.63. The van der Waals surface area contributed by atoms with Gasteiger partial charge in [0.15, 0.2) is 0 Å². The van der Waals surface area contributed by atoms with Crippen LogP contribution in [0.5, 0.6) is 0 Å². The van der Waals surface area contributed by atoms with Crippen molar-refractivity contribution in [2.24, 2.45) is 5.92 Å². The monoisotopic (exact) mass is 255 g/mol. The molecule has 1 saturated heterocycles. The summed E-state index contributed by atoms with van der Waals surface area (Å²) in [7, 11) is 0. The molecule has 2 atom stereocenters. The van der Waals surface area contributed by atoms with Crippen molar-refractivity contribution in [3.8, 4) is 0 Å². The van der Waals surface area contributed by atoms with Crippen molar-refractivity contribution in [2.45, 2.75) is 46.6 Å². The lowest BCUT2D eigenvalue weighted by atomic mass is 9.98. The van der Waals surface area contributed by atoms with E-state index in [4.69, 9.17) is 0 Å². The lowest BCUT2D eigenvalue weighted by molar-refractivity contribution is 0.118. The van der Waals surface area contributed by atoms with Crippen LogP contribution in [0.2, 0.25) is 0 Å².